The highest BCUT2D eigenvalue weighted by Gasteiger charge is 2.51. The summed E-state index contributed by atoms with van der Waals surface area (Å²) in [6.07, 6.45) is 0.811. The van der Waals surface area contributed by atoms with Crippen molar-refractivity contribution in [2.75, 3.05) is 12.9 Å². The normalized spacial score (nSPS) is 20.1. The molecular weight excluding hydrogens is 375 g/mol. The van der Waals surface area contributed by atoms with E-state index in [0.29, 0.717) is 11.6 Å². The number of aromatic amines is 1. The van der Waals surface area contributed by atoms with Crippen molar-refractivity contribution >= 4 is 24.3 Å². The number of thioether (sulfide) groups is 1. The summed E-state index contributed by atoms with van der Waals surface area (Å²) >= 11 is 1.76. The van der Waals surface area contributed by atoms with Gasteiger partial charge in [-0.1, -0.05) is 6.07 Å². The standard InChI is InChI=1S/C20H25BN2O4S/c1-19(2)20(3,4)27-21(26-19)12-6-7-13(16(10-12)25-5)17-22-15-8-9-28-11-14(15)18(24)23-17/h6-7,10H,8-9,11H2,1-5H3,(H,22,23,24). The van der Waals surface area contributed by atoms with E-state index in [-0.39, 0.29) is 5.56 Å². The van der Waals surface area contributed by atoms with Gasteiger partial charge < -0.3 is 19.0 Å². The molecule has 28 heavy (non-hydrogen) atoms. The second-order valence-corrected chi connectivity index (χ2v) is 9.30. The first kappa shape index (κ1) is 19.5. The van der Waals surface area contributed by atoms with E-state index in [1.165, 1.54) is 0 Å². The molecule has 0 bridgehead atoms. The van der Waals surface area contributed by atoms with Crippen LogP contribution >= 0.6 is 11.8 Å². The van der Waals surface area contributed by atoms with Crippen LogP contribution in [0.25, 0.3) is 11.4 Å². The molecule has 1 saturated heterocycles. The Balaban J connectivity index is 1.71. The maximum atomic E-state index is 12.5. The Hall–Kier alpha value is -1.77. The minimum Gasteiger partial charge on any atom is -0.496 e. The third-order valence-corrected chi connectivity index (χ3v) is 6.82. The van der Waals surface area contributed by atoms with Gasteiger partial charge in [0.25, 0.3) is 5.56 Å². The number of ether oxygens (including phenoxy) is 1. The zero-order valence-corrected chi connectivity index (χ0v) is 17.7. The minimum atomic E-state index is -0.472. The number of nitrogens with zero attached hydrogens (tertiary/aromatic N) is 1. The topological polar surface area (TPSA) is 73.4 Å². The van der Waals surface area contributed by atoms with E-state index in [0.717, 1.165) is 40.2 Å². The van der Waals surface area contributed by atoms with Gasteiger partial charge in [0.1, 0.15) is 11.6 Å². The number of H-pyrrole nitrogens is 1. The van der Waals surface area contributed by atoms with Crippen LogP contribution in [0.4, 0.5) is 0 Å². The number of methoxy groups -OCH3 is 1. The first-order valence-corrected chi connectivity index (χ1v) is 10.6. The SMILES string of the molecule is COc1cc(B2OC(C)(C)C(C)(C)O2)ccc1-c1nc2c(c(=O)[nH]1)CSCC2. The Kier molecular flexibility index (Phi) is 4.84. The van der Waals surface area contributed by atoms with Gasteiger partial charge in [-0.2, -0.15) is 11.8 Å². The Labute approximate surface area is 169 Å². The van der Waals surface area contributed by atoms with Crippen LogP contribution in [-0.2, 0) is 21.5 Å². The summed E-state index contributed by atoms with van der Waals surface area (Å²) in [7, 11) is 1.14. The van der Waals surface area contributed by atoms with Crippen LogP contribution in [0.15, 0.2) is 23.0 Å². The van der Waals surface area contributed by atoms with Gasteiger partial charge in [-0.25, -0.2) is 4.98 Å². The first-order valence-electron chi connectivity index (χ1n) is 9.45. The molecule has 1 N–H and O–H groups in total. The van der Waals surface area contributed by atoms with E-state index >= 15 is 0 Å². The molecular formula is C20H25BN2O4S. The fourth-order valence-corrected chi connectivity index (χ4v) is 4.38. The monoisotopic (exact) mass is 400 g/mol. The van der Waals surface area contributed by atoms with Crippen molar-refractivity contribution in [2.24, 2.45) is 0 Å². The molecule has 1 aromatic carbocycles. The fourth-order valence-electron chi connectivity index (χ4n) is 3.40. The summed E-state index contributed by atoms with van der Waals surface area (Å²) in [5.41, 5.74) is 2.41. The van der Waals surface area contributed by atoms with Crippen LogP contribution < -0.4 is 15.8 Å². The summed E-state index contributed by atoms with van der Waals surface area (Å²) in [5, 5.41) is 0. The Morgan fingerprint density at radius 2 is 1.93 bits per heavy atom. The Morgan fingerprint density at radius 3 is 2.61 bits per heavy atom. The van der Waals surface area contributed by atoms with E-state index in [4.69, 9.17) is 19.0 Å². The van der Waals surface area contributed by atoms with Crippen molar-refractivity contribution in [2.45, 2.75) is 51.1 Å². The highest BCUT2D eigenvalue weighted by molar-refractivity contribution is 7.98. The average molecular weight is 400 g/mol. The van der Waals surface area contributed by atoms with Crippen LogP contribution in [0.2, 0.25) is 0 Å². The number of rotatable bonds is 3. The molecule has 1 fully saturated rings. The van der Waals surface area contributed by atoms with Crippen molar-refractivity contribution in [1.82, 2.24) is 9.97 Å². The first-order chi connectivity index (χ1) is 13.2. The lowest BCUT2D eigenvalue weighted by Gasteiger charge is -2.32. The lowest BCUT2D eigenvalue weighted by atomic mass is 9.78. The number of nitrogens with one attached hydrogen (secondary N) is 1. The van der Waals surface area contributed by atoms with Gasteiger partial charge in [0.05, 0.1) is 29.6 Å². The van der Waals surface area contributed by atoms with Crippen LogP contribution in [0, 0.1) is 0 Å². The molecule has 2 aromatic rings. The molecule has 2 aliphatic rings. The average Bonchev–Trinajstić information content (AvgIpc) is 2.88. The smallest absolute Gasteiger partial charge is 0.494 e. The summed E-state index contributed by atoms with van der Waals surface area (Å²) in [5.74, 6) is 2.87. The van der Waals surface area contributed by atoms with Gasteiger partial charge in [-0.3, -0.25) is 4.79 Å². The molecule has 4 rings (SSSR count). The van der Waals surface area contributed by atoms with E-state index < -0.39 is 18.3 Å². The van der Waals surface area contributed by atoms with Crippen molar-refractivity contribution in [1.29, 1.82) is 0 Å². The quantitative estimate of drug-likeness (QED) is 0.799. The lowest BCUT2D eigenvalue weighted by molar-refractivity contribution is 0.00578. The molecule has 3 heterocycles. The largest absolute Gasteiger partial charge is 0.496 e. The molecule has 0 spiro atoms. The molecule has 1 aromatic heterocycles. The van der Waals surface area contributed by atoms with E-state index in [9.17, 15) is 4.79 Å². The van der Waals surface area contributed by atoms with E-state index in [1.54, 1.807) is 18.9 Å². The summed E-state index contributed by atoms with van der Waals surface area (Å²) in [6, 6.07) is 5.74. The van der Waals surface area contributed by atoms with Gasteiger partial charge in [0.15, 0.2) is 0 Å². The number of aromatic nitrogens is 2. The van der Waals surface area contributed by atoms with Gasteiger partial charge in [0, 0.05) is 11.3 Å². The molecule has 0 saturated carbocycles. The highest BCUT2D eigenvalue weighted by Crippen LogP contribution is 2.37. The van der Waals surface area contributed by atoms with Crippen molar-refractivity contribution < 1.29 is 14.0 Å². The molecule has 148 valence electrons. The van der Waals surface area contributed by atoms with Gasteiger partial charge >= 0.3 is 7.12 Å². The number of hydrogen-bond acceptors (Lipinski definition) is 6. The van der Waals surface area contributed by atoms with Crippen molar-refractivity contribution in [3.63, 3.8) is 0 Å². The van der Waals surface area contributed by atoms with Crippen LogP contribution in [0.3, 0.4) is 0 Å². The molecule has 0 amide bonds. The minimum absolute atomic E-state index is 0.0655. The Bertz CT molecular complexity index is 957. The molecule has 6 nitrogen and oxygen atoms in total. The van der Waals surface area contributed by atoms with Gasteiger partial charge in [-0.15, -0.1) is 0 Å². The third kappa shape index (κ3) is 3.27. The van der Waals surface area contributed by atoms with Gasteiger partial charge in [0.2, 0.25) is 0 Å². The number of aryl methyl sites for hydroxylation is 1. The van der Waals surface area contributed by atoms with E-state index in [2.05, 4.69) is 4.98 Å². The fraction of sp³-hybridized carbons (Fsp3) is 0.500. The second kappa shape index (κ2) is 6.93. The second-order valence-electron chi connectivity index (χ2n) is 8.19. The maximum Gasteiger partial charge on any atom is 0.494 e. The number of benzene rings is 1. The zero-order valence-electron chi connectivity index (χ0n) is 16.9. The molecule has 8 heteroatoms. The van der Waals surface area contributed by atoms with Crippen LogP contribution in [0.1, 0.15) is 39.0 Å². The molecule has 0 unspecified atom stereocenters. The predicted octanol–water partition coefficient (Wildman–Crippen LogP) is 2.53. The Morgan fingerprint density at radius 1 is 1.21 bits per heavy atom. The molecule has 2 aliphatic heterocycles. The number of fused-ring (bicyclic) bond motifs is 1. The predicted molar refractivity (Wildman–Crippen MR) is 112 cm³/mol. The molecule has 0 radical (unpaired) electrons. The van der Waals surface area contributed by atoms with Crippen molar-refractivity contribution in [3.05, 3.63) is 39.8 Å². The lowest BCUT2D eigenvalue weighted by Crippen LogP contribution is -2.41. The summed E-state index contributed by atoms with van der Waals surface area (Å²) in [4.78, 5) is 20.1. The zero-order chi connectivity index (χ0) is 20.1. The summed E-state index contributed by atoms with van der Waals surface area (Å²) in [6.45, 7) is 8.11. The highest BCUT2D eigenvalue weighted by atomic mass is 32.2. The number of hydrogen-bond donors (Lipinski definition) is 1. The third-order valence-electron chi connectivity index (χ3n) is 5.84. The van der Waals surface area contributed by atoms with E-state index in [1.807, 2.05) is 45.9 Å². The van der Waals surface area contributed by atoms with Crippen LogP contribution in [-0.4, -0.2) is 41.2 Å². The summed E-state index contributed by atoms with van der Waals surface area (Å²) < 4.78 is 17.9. The maximum absolute atomic E-state index is 12.5. The van der Waals surface area contributed by atoms with Gasteiger partial charge in [-0.05, 0) is 57.5 Å². The molecule has 0 atom stereocenters. The molecule has 0 aliphatic carbocycles. The van der Waals surface area contributed by atoms with Crippen LogP contribution in [0.5, 0.6) is 5.75 Å². The van der Waals surface area contributed by atoms with Crippen molar-refractivity contribution in [3.8, 4) is 17.1 Å².